The molecule has 0 saturated heterocycles. The minimum absolute atomic E-state index is 0.178. The van der Waals surface area contributed by atoms with Crippen LogP contribution in [0.1, 0.15) is 59.4 Å². The molecule has 0 N–H and O–H groups in total. The molecule has 6 heteroatoms. The molecule has 0 fully saturated rings. The third-order valence-corrected chi connectivity index (χ3v) is 7.58. The van der Waals surface area contributed by atoms with Crippen molar-refractivity contribution < 1.29 is 17.8 Å². The van der Waals surface area contributed by atoms with Gasteiger partial charge < -0.3 is 4.55 Å². The highest BCUT2D eigenvalue weighted by atomic mass is 32.2. The molecule has 0 atom stereocenters. The third-order valence-electron chi connectivity index (χ3n) is 3.66. The summed E-state index contributed by atoms with van der Waals surface area (Å²) in [7, 11) is -3.98. The molecule has 0 bridgehead atoms. The maximum absolute atomic E-state index is 11.6. The third kappa shape index (κ3) is 10.7. The van der Waals surface area contributed by atoms with Gasteiger partial charge in [0.25, 0.3) is 0 Å². The number of ketones is 1. The Morgan fingerprint density at radius 1 is 1.08 bits per heavy atom. The number of carbonyl (C=O) groups excluding carboxylic acids is 1. The normalized spacial score (nSPS) is 11.6. The second-order valence-electron chi connectivity index (χ2n) is 6.62. The van der Waals surface area contributed by atoms with E-state index in [1.807, 2.05) is 6.92 Å². The Morgan fingerprint density at radius 3 is 1.92 bits per heavy atom. The Morgan fingerprint density at radius 2 is 1.56 bits per heavy atom. The van der Waals surface area contributed by atoms with Crippen molar-refractivity contribution in [2.24, 2.45) is 0 Å². The van der Waals surface area contributed by atoms with Crippen LogP contribution in [0.3, 0.4) is 0 Å². The predicted molar refractivity (Wildman–Crippen MR) is 106 cm³/mol. The van der Waals surface area contributed by atoms with E-state index >= 15 is 0 Å². The van der Waals surface area contributed by atoms with E-state index < -0.39 is 10.1 Å². The molecule has 0 heterocycles. The molecule has 0 aliphatic heterocycles. The molecule has 0 unspecified atom stereocenters. The molecule has 0 aliphatic rings. The summed E-state index contributed by atoms with van der Waals surface area (Å²) >= 11 is 0. The lowest BCUT2D eigenvalue weighted by molar-refractivity contribution is -0.116. The zero-order valence-corrected chi connectivity index (χ0v) is 17.9. The van der Waals surface area contributed by atoms with Crippen molar-refractivity contribution in [3.8, 4) is 0 Å². The van der Waals surface area contributed by atoms with Crippen LogP contribution in [0.5, 0.6) is 0 Å². The Kier molecular flexibility index (Phi) is 11.3. The topological polar surface area (TPSA) is 74.3 Å². The average molecular weight is 389 g/mol. The van der Waals surface area contributed by atoms with Gasteiger partial charge >= 0.3 is 0 Å². The van der Waals surface area contributed by atoms with Crippen LogP contribution in [-0.4, -0.2) is 35.0 Å². The fourth-order valence-electron chi connectivity index (χ4n) is 2.21. The van der Waals surface area contributed by atoms with Crippen LogP contribution in [-0.2, 0) is 25.8 Å². The van der Waals surface area contributed by atoms with Gasteiger partial charge in [0.15, 0.2) is 11.5 Å². The van der Waals surface area contributed by atoms with Crippen LogP contribution in [0.15, 0.2) is 29.2 Å². The first-order valence-electron chi connectivity index (χ1n) is 8.71. The van der Waals surface area contributed by atoms with E-state index in [1.54, 1.807) is 12.1 Å². The van der Waals surface area contributed by atoms with Crippen molar-refractivity contribution in [1.82, 2.24) is 0 Å². The minimum Gasteiger partial charge on any atom is -0.744 e. The van der Waals surface area contributed by atoms with Gasteiger partial charge in [0.1, 0.15) is 20.6 Å². The largest absolute Gasteiger partial charge is 0.744 e. The van der Waals surface area contributed by atoms with Gasteiger partial charge in [-0.1, -0.05) is 31.0 Å². The highest BCUT2D eigenvalue weighted by molar-refractivity contribution is 7.98. The van der Waals surface area contributed by atoms with Gasteiger partial charge in [-0.2, -0.15) is 0 Å². The minimum atomic E-state index is -4.27. The van der Waals surface area contributed by atoms with E-state index in [0.717, 1.165) is 30.6 Å². The van der Waals surface area contributed by atoms with Crippen LogP contribution in [0, 0.1) is 6.92 Å². The molecule has 0 aliphatic carbocycles. The van der Waals surface area contributed by atoms with Gasteiger partial charge in [-0.25, -0.2) is 8.42 Å². The van der Waals surface area contributed by atoms with Crippen molar-refractivity contribution in [3.05, 3.63) is 29.8 Å². The van der Waals surface area contributed by atoms with Gasteiger partial charge in [-0.3, -0.25) is 4.79 Å². The molecular formula is C19H32O4S2. The summed E-state index contributed by atoms with van der Waals surface area (Å²) < 4.78 is 31.2. The number of benzene rings is 1. The first-order valence-corrected chi connectivity index (χ1v) is 11.6. The molecular weight excluding hydrogens is 356 g/mol. The standard InChI is InChI=1S/C12H25OS.C7H8O3S/c1-6-7-8-12(13)9-14(10(2)3)11(4)5;1-6-2-4-7(5-3-6)11(8,9)10/h10-11H,6-9H2,1-5H3;2-5H,1H3,(H,8,9,10)/q+1;/p-1. The summed E-state index contributed by atoms with van der Waals surface area (Å²) in [6.07, 6.45) is 2.98. The van der Waals surface area contributed by atoms with Crippen molar-refractivity contribution in [2.45, 2.75) is 76.2 Å². The maximum Gasteiger partial charge on any atom is 0.181 e. The van der Waals surface area contributed by atoms with E-state index in [2.05, 4.69) is 34.6 Å². The molecule has 0 amide bonds. The second-order valence-corrected chi connectivity index (χ2v) is 11.1. The molecule has 0 aromatic heterocycles. The molecule has 1 aromatic carbocycles. The highest BCUT2D eigenvalue weighted by Crippen LogP contribution is 2.14. The molecule has 144 valence electrons. The van der Waals surface area contributed by atoms with E-state index in [4.69, 9.17) is 0 Å². The number of hydrogen-bond acceptors (Lipinski definition) is 4. The Labute approximate surface area is 156 Å². The SMILES string of the molecule is CCCCC(=O)C[S+](C(C)C)C(C)C.Cc1ccc(S(=O)(=O)[O-])cc1. The molecule has 1 aromatic rings. The first-order chi connectivity index (χ1) is 11.5. The van der Waals surface area contributed by atoms with Gasteiger partial charge in [0, 0.05) is 6.42 Å². The molecule has 0 spiro atoms. The van der Waals surface area contributed by atoms with E-state index in [9.17, 15) is 17.8 Å². The van der Waals surface area contributed by atoms with Gasteiger partial charge in [-0.05, 0) is 64.1 Å². The number of aryl methyl sites for hydroxylation is 1. The molecule has 0 radical (unpaired) electrons. The highest BCUT2D eigenvalue weighted by Gasteiger charge is 2.29. The number of hydrogen-bond donors (Lipinski definition) is 0. The lowest BCUT2D eigenvalue weighted by Crippen LogP contribution is -2.31. The Balaban J connectivity index is 0.000000472. The first kappa shape index (κ1) is 24.1. The van der Waals surface area contributed by atoms with Crippen LogP contribution in [0.4, 0.5) is 0 Å². The Hall–Kier alpha value is -0.850. The predicted octanol–water partition coefficient (Wildman–Crippen LogP) is 4.08. The van der Waals surface area contributed by atoms with E-state index in [-0.39, 0.29) is 15.8 Å². The van der Waals surface area contributed by atoms with Crippen LogP contribution in [0.2, 0.25) is 0 Å². The van der Waals surface area contributed by atoms with E-state index in [1.165, 1.54) is 12.1 Å². The van der Waals surface area contributed by atoms with Crippen LogP contribution < -0.4 is 0 Å². The number of Topliss-reactive ketones (excluding diaryl/α,β-unsaturated/α-hetero) is 1. The number of unbranched alkanes of at least 4 members (excludes halogenated alkanes) is 1. The zero-order valence-electron chi connectivity index (χ0n) is 16.2. The van der Waals surface area contributed by atoms with Crippen molar-refractivity contribution in [1.29, 1.82) is 0 Å². The quantitative estimate of drug-likeness (QED) is 0.497. The summed E-state index contributed by atoms with van der Waals surface area (Å²) in [4.78, 5) is 11.5. The average Bonchev–Trinajstić information content (AvgIpc) is 2.50. The molecule has 1 rings (SSSR count). The van der Waals surface area contributed by atoms with Crippen molar-refractivity contribution >= 4 is 26.8 Å². The summed E-state index contributed by atoms with van der Waals surface area (Å²) in [5, 5.41) is 1.31. The molecule has 25 heavy (non-hydrogen) atoms. The van der Waals surface area contributed by atoms with Crippen LogP contribution in [0.25, 0.3) is 0 Å². The lowest BCUT2D eigenvalue weighted by Gasteiger charge is -2.14. The summed E-state index contributed by atoms with van der Waals surface area (Å²) in [5.41, 5.74) is 0.928. The number of rotatable bonds is 8. The number of carbonyl (C=O) groups is 1. The van der Waals surface area contributed by atoms with Crippen molar-refractivity contribution in [2.75, 3.05) is 5.75 Å². The fourth-order valence-corrected chi connectivity index (χ4v) is 4.96. The van der Waals surface area contributed by atoms with Crippen LogP contribution >= 0.6 is 0 Å². The van der Waals surface area contributed by atoms with Gasteiger partial charge in [0.2, 0.25) is 0 Å². The summed E-state index contributed by atoms with van der Waals surface area (Å²) in [6.45, 7) is 12.9. The van der Waals surface area contributed by atoms with Gasteiger partial charge in [-0.15, -0.1) is 0 Å². The Bertz CT molecular complexity index is 597. The molecule has 4 nitrogen and oxygen atoms in total. The lowest BCUT2D eigenvalue weighted by atomic mass is 10.2. The maximum atomic E-state index is 11.6. The smallest absolute Gasteiger partial charge is 0.181 e. The van der Waals surface area contributed by atoms with Crippen molar-refractivity contribution in [3.63, 3.8) is 0 Å². The van der Waals surface area contributed by atoms with Gasteiger partial charge in [0.05, 0.1) is 4.90 Å². The summed E-state index contributed by atoms with van der Waals surface area (Å²) in [6, 6.07) is 5.78. The second kappa shape index (κ2) is 11.7. The monoisotopic (exact) mass is 388 g/mol. The van der Waals surface area contributed by atoms with E-state index in [0.29, 0.717) is 16.3 Å². The zero-order chi connectivity index (χ0) is 19.6. The molecule has 0 saturated carbocycles. The fraction of sp³-hybridized carbons (Fsp3) is 0.632. The summed E-state index contributed by atoms with van der Waals surface area (Å²) in [5.74, 6) is 1.28.